The molecule has 0 bridgehead atoms. The highest BCUT2D eigenvalue weighted by atomic mass is 32.3. The van der Waals surface area contributed by atoms with E-state index in [0.717, 1.165) is 68.7 Å². The predicted octanol–water partition coefficient (Wildman–Crippen LogP) is 5.99. The molecule has 0 amide bonds. The number of piperidine rings is 1. The van der Waals surface area contributed by atoms with Gasteiger partial charge in [0.2, 0.25) is 5.95 Å². The summed E-state index contributed by atoms with van der Waals surface area (Å²) in [4.78, 5) is 16.1. The van der Waals surface area contributed by atoms with Gasteiger partial charge in [-0.3, -0.25) is 9.71 Å². The number of anilines is 1. The first-order valence-corrected chi connectivity index (χ1v) is 16.3. The summed E-state index contributed by atoms with van der Waals surface area (Å²) < 4.78 is 18.9. The summed E-state index contributed by atoms with van der Waals surface area (Å²) in [6.07, 6.45) is 14.0. The molecule has 2 heterocycles. The Morgan fingerprint density at radius 1 is 1.14 bits per heavy atom. The van der Waals surface area contributed by atoms with Gasteiger partial charge in [-0.05, 0) is 47.7 Å². The van der Waals surface area contributed by atoms with E-state index < -0.39 is 10.0 Å². The van der Waals surface area contributed by atoms with Crippen LogP contribution in [-0.2, 0) is 6.42 Å². The zero-order valence-corrected chi connectivity index (χ0v) is 23.9. The van der Waals surface area contributed by atoms with Crippen LogP contribution in [-0.4, -0.2) is 71.1 Å². The van der Waals surface area contributed by atoms with E-state index in [0.29, 0.717) is 11.5 Å². The van der Waals surface area contributed by atoms with Crippen molar-refractivity contribution < 1.29 is 4.39 Å². The van der Waals surface area contributed by atoms with Gasteiger partial charge >= 0.3 is 0 Å². The number of aryl methyl sites for hydroxylation is 1. The summed E-state index contributed by atoms with van der Waals surface area (Å²) in [6, 6.07) is 5.69. The smallest absolute Gasteiger partial charge is 0.225 e. The topological polar surface area (TPSA) is 53.4 Å². The van der Waals surface area contributed by atoms with Gasteiger partial charge < -0.3 is 4.90 Å². The molecule has 1 aromatic heterocycles. The molecule has 5 nitrogen and oxygen atoms in total. The van der Waals surface area contributed by atoms with E-state index in [9.17, 15) is 0 Å². The monoisotopic (exact) mass is 519 g/mol. The van der Waals surface area contributed by atoms with Gasteiger partial charge in [-0.25, -0.2) is 24.4 Å². The highest BCUT2D eigenvalue weighted by molar-refractivity contribution is 8.33. The Morgan fingerprint density at radius 3 is 2.46 bits per heavy atom. The fourth-order valence-electron chi connectivity index (χ4n) is 3.90. The van der Waals surface area contributed by atoms with Gasteiger partial charge in [0.1, 0.15) is 5.82 Å². The van der Waals surface area contributed by atoms with Crippen molar-refractivity contribution in [3.8, 4) is 11.1 Å². The number of aromatic nitrogens is 2. The lowest BCUT2D eigenvalue weighted by Gasteiger charge is -2.44. The summed E-state index contributed by atoms with van der Waals surface area (Å²) in [7, 11) is -0.830. The van der Waals surface area contributed by atoms with Crippen LogP contribution in [0.4, 0.5) is 10.3 Å². The van der Waals surface area contributed by atoms with E-state index in [-0.39, 0.29) is 10.6 Å². The molecule has 1 aliphatic rings. The van der Waals surface area contributed by atoms with Crippen molar-refractivity contribution in [2.45, 2.75) is 51.2 Å². The van der Waals surface area contributed by atoms with E-state index in [1.54, 1.807) is 24.3 Å². The normalized spacial score (nSPS) is 15.4. The standard InChI is InChI=1S/C27H42FN5S2/c1-27(2,3)35(5,6)18-13-21-9-7-10-24(25(21)28)22-19-30-26(31-20-22)33-16-11-23(12-17-33)29-14-8-15-32-34-4/h7,9-10,19-20,32H,8,11-18H2,1-6H3. The van der Waals surface area contributed by atoms with Crippen molar-refractivity contribution in [1.29, 1.82) is 0 Å². The molecule has 0 unspecified atom stereocenters. The van der Waals surface area contributed by atoms with Crippen molar-refractivity contribution in [2.75, 3.05) is 55.6 Å². The number of benzene rings is 1. The third-order valence-electron chi connectivity index (χ3n) is 7.11. The second kappa shape index (κ2) is 12.5. The van der Waals surface area contributed by atoms with Crippen LogP contribution in [0.5, 0.6) is 0 Å². The highest BCUT2D eigenvalue weighted by Crippen LogP contribution is 2.53. The predicted molar refractivity (Wildman–Crippen MR) is 155 cm³/mol. The third-order valence-corrected chi connectivity index (χ3v) is 12.1. The number of nitrogens with zero attached hydrogens (tertiary/aromatic N) is 4. The first-order valence-electron chi connectivity index (χ1n) is 12.5. The fraction of sp³-hybridized carbons (Fsp3) is 0.593. The molecule has 1 saturated heterocycles. The molecule has 1 N–H and O–H groups in total. The van der Waals surface area contributed by atoms with Gasteiger partial charge in [-0.2, -0.15) is 0 Å². The third kappa shape index (κ3) is 7.67. The summed E-state index contributed by atoms with van der Waals surface area (Å²) in [5.41, 5.74) is 3.39. The van der Waals surface area contributed by atoms with Crippen molar-refractivity contribution >= 4 is 33.6 Å². The zero-order chi connectivity index (χ0) is 25.5. The van der Waals surface area contributed by atoms with E-state index in [4.69, 9.17) is 4.99 Å². The van der Waals surface area contributed by atoms with Crippen molar-refractivity contribution in [2.24, 2.45) is 4.99 Å². The van der Waals surface area contributed by atoms with Crippen LogP contribution in [0.15, 0.2) is 35.6 Å². The van der Waals surface area contributed by atoms with Gasteiger partial charge in [0, 0.05) is 68.3 Å². The Morgan fingerprint density at radius 2 is 1.83 bits per heavy atom. The molecule has 8 heteroatoms. The molecule has 0 aliphatic carbocycles. The summed E-state index contributed by atoms with van der Waals surface area (Å²) in [6.45, 7) is 10.5. The van der Waals surface area contributed by atoms with Crippen LogP contribution >= 0.6 is 22.0 Å². The molecule has 0 spiro atoms. The molecule has 1 aliphatic heterocycles. The lowest BCUT2D eigenvalue weighted by Crippen LogP contribution is -2.35. The van der Waals surface area contributed by atoms with E-state index >= 15 is 4.39 Å². The lowest BCUT2D eigenvalue weighted by atomic mass is 10.0. The van der Waals surface area contributed by atoms with Crippen LogP contribution in [0, 0.1) is 5.82 Å². The Balaban J connectivity index is 1.60. The van der Waals surface area contributed by atoms with Gasteiger partial charge in [0.05, 0.1) is 0 Å². The Bertz CT molecular complexity index is 976. The maximum atomic E-state index is 15.4. The second-order valence-corrected chi connectivity index (χ2v) is 15.9. The highest BCUT2D eigenvalue weighted by Gasteiger charge is 2.27. The van der Waals surface area contributed by atoms with Crippen molar-refractivity contribution in [3.63, 3.8) is 0 Å². The van der Waals surface area contributed by atoms with E-state index in [2.05, 4.69) is 52.9 Å². The van der Waals surface area contributed by atoms with Crippen molar-refractivity contribution in [3.05, 3.63) is 42.0 Å². The molecule has 2 aromatic rings. The summed E-state index contributed by atoms with van der Waals surface area (Å²) in [5.74, 6) is 1.59. The Kier molecular flexibility index (Phi) is 10.0. The van der Waals surface area contributed by atoms with Crippen LogP contribution in [0.3, 0.4) is 0 Å². The quantitative estimate of drug-likeness (QED) is 0.309. The van der Waals surface area contributed by atoms with Crippen LogP contribution < -0.4 is 9.62 Å². The second-order valence-electron chi connectivity index (χ2n) is 10.5. The number of hydrogen-bond acceptors (Lipinski definition) is 6. The molecule has 0 saturated carbocycles. The van der Waals surface area contributed by atoms with E-state index in [1.807, 2.05) is 24.5 Å². The molecule has 194 valence electrons. The fourth-order valence-corrected chi connectivity index (χ4v) is 5.60. The molecule has 35 heavy (non-hydrogen) atoms. The molecule has 0 radical (unpaired) electrons. The number of halogens is 1. The Labute approximate surface area is 217 Å². The zero-order valence-electron chi connectivity index (χ0n) is 22.2. The molecule has 1 aromatic carbocycles. The van der Waals surface area contributed by atoms with Crippen molar-refractivity contribution in [1.82, 2.24) is 14.7 Å². The molecule has 3 rings (SSSR count). The number of rotatable bonds is 10. The first-order chi connectivity index (χ1) is 16.6. The minimum Gasteiger partial charge on any atom is -0.340 e. The average Bonchev–Trinajstić information content (AvgIpc) is 2.83. The lowest BCUT2D eigenvalue weighted by molar-refractivity contribution is 0.615. The van der Waals surface area contributed by atoms with Gasteiger partial charge in [-0.1, -0.05) is 50.9 Å². The molecular formula is C27H42FN5S2. The van der Waals surface area contributed by atoms with Crippen LogP contribution in [0.25, 0.3) is 11.1 Å². The van der Waals surface area contributed by atoms with Gasteiger partial charge in [-0.15, -0.1) is 0 Å². The average molecular weight is 520 g/mol. The van der Waals surface area contributed by atoms with E-state index in [1.165, 1.54) is 5.71 Å². The molecular weight excluding hydrogens is 477 g/mol. The minimum atomic E-state index is -0.830. The number of nitrogens with one attached hydrogen (secondary N) is 1. The van der Waals surface area contributed by atoms with Gasteiger partial charge in [0.25, 0.3) is 0 Å². The molecule has 1 fully saturated rings. The minimum absolute atomic E-state index is 0.139. The first kappa shape index (κ1) is 27.9. The summed E-state index contributed by atoms with van der Waals surface area (Å²) >= 11 is 1.65. The molecule has 0 atom stereocenters. The van der Waals surface area contributed by atoms with Crippen LogP contribution in [0.2, 0.25) is 0 Å². The largest absolute Gasteiger partial charge is 0.340 e. The Hall–Kier alpha value is -1.64. The summed E-state index contributed by atoms with van der Waals surface area (Å²) in [5, 5.41) is 0. The SMILES string of the molecule is CSNCCCN=C1CCN(c2ncc(-c3cccc(CCS(C)(C)C(C)(C)C)c3F)cn2)CC1. The maximum Gasteiger partial charge on any atom is 0.225 e. The van der Waals surface area contributed by atoms with Gasteiger partial charge in [0.15, 0.2) is 0 Å². The number of hydrogen-bond donors (Lipinski definition) is 1. The maximum absolute atomic E-state index is 15.4. The number of aliphatic imine (C=N–C) groups is 1. The van der Waals surface area contributed by atoms with Crippen LogP contribution in [0.1, 0.15) is 45.6 Å².